The van der Waals surface area contributed by atoms with Crippen LogP contribution in [0.2, 0.25) is 0 Å². The van der Waals surface area contributed by atoms with E-state index in [9.17, 15) is 29.7 Å². The molecule has 3 N–H and O–H groups in total. The highest BCUT2D eigenvalue weighted by atomic mass is 16.5. The molecule has 32 heavy (non-hydrogen) atoms. The summed E-state index contributed by atoms with van der Waals surface area (Å²) in [6.45, 7) is 3.61. The number of phenols is 2. The quantitative estimate of drug-likeness (QED) is 0.433. The topological polar surface area (TPSA) is 121 Å². The molecule has 2 aromatic carbocycles. The molecule has 1 aliphatic rings. The van der Waals surface area contributed by atoms with Gasteiger partial charge in [-0.3, -0.25) is 14.4 Å². The average molecular weight is 440 g/mol. The van der Waals surface area contributed by atoms with E-state index in [1.54, 1.807) is 12.1 Å². The summed E-state index contributed by atoms with van der Waals surface area (Å²) >= 11 is 0. The van der Waals surface area contributed by atoms with Crippen molar-refractivity contribution in [2.24, 2.45) is 11.8 Å². The summed E-state index contributed by atoms with van der Waals surface area (Å²) < 4.78 is 5.21. The number of carbonyl (C=O) groups is 3. The highest BCUT2D eigenvalue weighted by Crippen LogP contribution is 2.39. The van der Waals surface area contributed by atoms with Gasteiger partial charge >= 0.3 is 5.97 Å². The first-order valence-electron chi connectivity index (χ1n) is 10.8. The first-order chi connectivity index (χ1) is 15.2. The van der Waals surface area contributed by atoms with Crippen molar-refractivity contribution in [3.8, 4) is 11.5 Å². The van der Waals surface area contributed by atoms with E-state index in [-0.39, 0.29) is 46.8 Å². The Labute approximate surface area is 186 Å². The van der Waals surface area contributed by atoms with Crippen molar-refractivity contribution in [2.45, 2.75) is 46.1 Å². The van der Waals surface area contributed by atoms with Crippen LogP contribution in [0.15, 0.2) is 30.3 Å². The Hall–Kier alpha value is -3.19. The minimum absolute atomic E-state index is 0.00581. The first-order valence-corrected chi connectivity index (χ1v) is 10.8. The molecule has 0 saturated carbocycles. The van der Waals surface area contributed by atoms with Crippen molar-refractivity contribution < 1.29 is 34.4 Å². The van der Waals surface area contributed by atoms with Gasteiger partial charge in [0, 0.05) is 23.3 Å². The number of benzene rings is 2. The molecule has 0 fully saturated rings. The van der Waals surface area contributed by atoms with Gasteiger partial charge in [0.1, 0.15) is 18.1 Å². The third kappa shape index (κ3) is 4.83. The molecule has 170 valence electrons. The number of aliphatic hydroxyl groups excluding tert-OH is 1. The highest BCUT2D eigenvalue weighted by Gasteiger charge is 2.34. The maximum atomic E-state index is 12.9. The number of hydrogen-bond donors (Lipinski definition) is 3. The number of hydrogen-bond acceptors (Lipinski definition) is 7. The molecule has 0 aliphatic heterocycles. The number of ketones is 2. The molecule has 0 unspecified atom stereocenters. The molecule has 7 nitrogen and oxygen atoms in total. The zero-order chi connectivity index (χ0) is 23.4. The lowest BCUT2D eigenvalue weighted by atomic mass is 9.82. The summed E-state index contributed by atoms with van der Waals surface area (Å²) in [5, 5.41) is 30.6. The number of esters is 1. The van der Waals surface area contributed by atoms with Gasteiger partial charge in [-0.25, -0.2) is 0 Å². The number of fused-ring (bicyclic) bond motifs is 2. The minimum Gasteiger partial charge on any atom is -0.507 e. The Morgan fingerprint density at radius 2 is 1.66 bits per heavy atom. The number of ether oxygens (including phenoxy) is 1. The van der Waals surface area contributed by atoms with E-state index in [1.807, 2.05) is 0 Å². The summed E-state index contributed by atoms with van der Waals surface area (Å²) in [6.07, 6.45) is 2.58. The first kappa shape index (κ1) is 23.5. The van der Waals surface area contributed by atoms with Crippen molar-refractivity contribution in [1.29, 1.82) is 0 Å². The lowest BCUT2D eigenvalue weighted by molar-refractivity contribution is -0.146. The lowest BCUT2D eigenvalue weighted by Gasteiger charge is -2.21. The Morgan fingerprint density at radius 1 is 1.00 bits per heavy atom. The van der Waals surface area contributed by atoms with Crippen LogP contribution in [0.1, 0.15) is 76.9 Å². The molecule has 0 spiro atoms. The van der Waals surface area contributed by atoms with Crippen molar-refractivity contribution in [3.63, 3.8) is 0 Å². The fourth-order valence-electron chi connectivity index (χ4n) is 3.93. The van der Waals surface area contributed by atoms with Crippen LogP contribution >= 0.6 is 0 Å². The van der Waals surface area contributed by atoms with Crippen LogP contribution < -0.4 is 0 Å². The number of carbonyl (C=O) groups excluding carboxylic acids is 3. The second-order valence-corrected chi connectivity index (χ2v) is 8.59. The Kier molecular flexibility index (Phi) is 7.30. The SMILES string of the molecule is CC(C)CCC[C@H](CO)CC(=O)OCc1c(O)cc2c(c1O)C(=O)c1ccccc1C2=O. The molecule has 1 atom stereocenters. The molecule has 2 aromatic rings. The maximum Gasteiger partial charge on any atom is 0.306 e. The molecule has 0 radical (unpaired) electrons. The summed E-state index contributed by atoms with van der Waals surface area (Å²) in [5.41, 5.74) is -0.0710. The predicted octanol–water partition coefficient (Wildman–Crippen LogP) is 3.74. The van der Waals surface area contributed by atoms with E-state index >= 15 is 0 Å². The van der Waals surface area contributed by atoms with E-state index in [2.05, 4.69) is 13.8 Å². The van der Waals surface area contributed by atoms with E-state index in [4.69, 9.17) is 4.74 Å². The standard InChI is InChI=1S/C25H28O7/c1-14(2)6-5-7-15(12-26)10-21(28)32-13-19-20(27)11-18-22(25(19)31)24(30)17-9-4-3-8-16(17)23(18)29/h3-4,8-9,11,14-15,26-27,31H,5-7,10,12-13H2,1-2H3/t15-/m0/s1. The predicted molar refractivity (Wildman–Crippen MR) is 117 cm³/mol. The van der Waals surface area contributed by atoms with Gasteiger partial charge in [-0.15, -0.1) is 0 Å². The molecule has 0 amide bonds. The molecular weight excluding hydrogens is 412 g/mol. The minimum atomic E-state index is -0.585. The molecule has 0 saturated heterocycles. The van der Waals surface area contributed by atoms with Crippen LogP contribution in [-0.2, 0) is 16.1 Å². The van der Waals surface area contributed by atoms with E-state index < -0.39 is 35.6 Å². The monoisotopic (exact) mass is 440 g/mol. The van der Waals surface area contributed by atoms with Crippen LogP contribution in [0.4, 0.5) is 0 Å². The second kappa shape index (κ2) is 9.96. The number of aliphatic hydroxyl groups is 1. The van der Waals surface area contributed by atoms with Crippen LogP contribution in [0.5, 0.6) is 11.5 Å². The molecule has 3 rings (SSSR count). The molecular formula is C25H28O7. The zero-order valence-electron chi connectivity index (χ0n) is 18.3. The van der Waals surface area contributed by atoms with Crippen LogP contribution in [0.3, 0.4) is 0 Å². The fraction of sp³-hybridized carbons (Fsp3) is 0.400. The smallest absolute Gasteiger partial charge is 0.306 e. The van der Waals surface area contributed by atoms with E-state index in [1.165, 1.54) is 12.1 Å². The van der Waals surface area contributed by atoms with E-state index in [0.717, 1.165) is 18.9 Å². The fourth-order valence-corrected chi connectivity index (χ4v) is 3.93. The molecule has 0 bridgehead atoms. The largest absolute Gasteiger partial charge is 0.507 e. The van der Waals surface area contributed by atoms with E-state index in [0.29, 0.717) is 12.3 Å². The number of phenolic OH excluding ortho intramolecular Hbond substituents is 2. The Morgan fingerprint density at radius 3 is 2.28 bits per heavy atom. The lowest BCUT2D eigenvalue weighted by Crippen LogP contribution is -2.21. The average Bonchev–Trinajstić information content (AvgIpc) is 2.76. The number of rotatable bonds is 9. The van der Waals surface area contributed by atoms with Crippen LogP contribution in [0.25, 0.3) is 0 Å². The second-order valence-electron chi connectivity index (χ2n) is 8.59. The molecule has 7 heteroatoms. The van der Waals surface area contributed by atoms with Gasteiger partial charge in [-0.2, -0.15) is 0 Å². The maximum absolute atomic E-state index is 12.9. The summed E-state index contributed by atoms with van der Waals surface area (Å²) in [7, 11) is 0. The van der Waals surface area contributed by atoms with Gasteiger partial charge in [0.2, 0.25) is 0 Å². The van der Waals surface area contributed by atoms with Crippen molar-refractivity contribution in [3.05, 3.63) is 58.1 Å². The molecule has 0 heterocycles. The van der Waals surface area contributed by atoms with Crippen molar-refractivity contribution >= 4 is 17.5 Å². The van der Waals surface area contributed by atoms with Gasteiger partial charge in [0.15, 0.2) is 11.6 Å². The normalized spacial score (nSPS) is 13.6. The van der Waals surface area contributed by atoms with Gasteiger partial charge < -0.3 is 20.1 Å². The van der Waals surface area contributed by atoms with Gasteiger partial charge in [0.05, 0.1) is 17.5 Å². The van der Waals surface area contributed by atoms with Gasteiger partial charge in [-0.05, 0) is 24.3 Å². The molecule has 0 aromatic heterocycles. The van der Waals surface area contributed by atoms with Crippen molar-refractivity contribution in [1.82, 2.24) is 0 Å². The third-order valence-corrected chi connectivity index (χ3v) is 5.76. The zero-order valence-corrected chi connectivity index (χ0v) is 18.3. The number of aromatic hydroxyl groups is 2. The highest BCUT2D eigenvalue weighted by molar-refractivity contribution is 6.29. The van der Waals surface area contributed by atoms with Gasteiger partial charge in [0.25, 0.3) is 0 Å². The summed E-state index contributed by atoms with van der Waals surface area (Å²) in [6, 6.07) is 7.38. The Balaban J connectivity index is 1.74. The summed E-state index contributed by atoms with van der Waals surface area (Å²) in [4.78, 5) is 37.9. The van der Waals surface area contributed by atoms with Crippen molar-refractivity contribution in [2.75, 3.05) is 6.61 Å². The molecule has 1 aliphatic carbocycles. The summed E-state index contributed by atoms with van der Waals surface area (Å²) in [5.74, 6) is -2.30. The van der Waals surface area contributed by atoms with Crippen LogP contribution in [-0.4, -0.2) is 39.5 Å². The third-order valence-electron chi connectivity index (χ3n) is 5.76. The van der Waals surface area contributed by atoms with Crippen LogP contribution in [0, 0.1) is 11.8 Å². The van der Waals surface area contributed by atoms with Gasteiger partial charge in [-0.1, -0.05) is 51.0 Å². The Bertz CT molecular complexity index is 1040.